The van der Waals surface area contributed by atoms with E-state index in [4.69, 9.17) is 4.42 Å². The van der Waals surface area contributed by atoms with Crippen LogP contribution in [0.15, 0.2) is 34.6 Å². The SMILES string of the molecule is C=CCn1c(SCC(=O)N(C)C2CCC(C)CC2)nnc1-c1ccoc1C. The van der Waals surface area contributed by atoms with Crippen LogP contribution >= 0.6 is 11.8 Å². The highest BCUT2D eigenvalue weighted by atomic mass is 32.2. The van der Waals surface area contributed by atoms with Crippen LogP contribution in [0.2, 0.25) is 0 Å². The number of aryl methyl sites for hydroxylation is 1. The predicted octanol–water partition coefficient (Wildman–Crippen LogP) is 4.16. The molecule has 2 aromatic rings. The Morgan fingerprint density at radius 1 is 1.41 bits per heavy atom. The zero-order valence-electron chi connectivity index (χ0n) is 16.4. The molecule has 146 valence electrons. The van der Waals surface area contributed by atoms with E-state index < -0.39 is 0 Å². The number of aromatic nitrogens is 3. The van der Waals surface area contributed by atoms with Crippen molar-refractivity contribution >= 4 is 17.7 Å². The molecule has 7 heteroatoms. The minimum absolute atomic E-state index is 0.147. The van der Waals surface area contributed by atoms with Gasteiger partial charge in [0.15, 0.2) is 11.0 Å². The zero-order valence-corrected chi connectivity index (χ0v) is 17.2. The average molecular weight is 389 g/mol. The van der Waals surface area contributed by atoms with Gasteiger partial charge in [0, 0.05) is 19.6 Å². The molecule has 2 aromatic heterocycles. The summed E-state index contributed by atoms with van der Waals surface area (Å²) in [5.74, 6) is 2.83. The first-order chi connectivity index (χ1) is 13.0. The molecule has 0 atom stereocenters. The van der Waals surface area contributed by atoms with E-state index in [0.717, 1.165) is 41.1 Å². The van der Waals surface area contributed by atoms with Crippen molar-refractivity contribution in [3.8, 4) is 11.4 Å². The summed E-state index contributed by atoms with van der Waals surface area (Å²) >= 11 is 1.43. The number of hydrogen-bond acceptors (Lipinski definition) is 5. The van der Waals surface area contributed by atoms with Crippen LogP contribution in [0.4, 0.5) is 0 Å². The lowest BCUT2D eigenvalue weighted by Gasteiger charge is -2.33. The molecule has 1 aliphatic rings. The van der Waals surface area contributed by atoms with Crippen LogP contribution < -0.4 is 0 Å². The molecule has 0 aliphatic heterocycles. The van der Waals surface area contributed by atoms with Gasteiger partial charge in [0.25, 0.3) is 0 Å². The maximum atomic E-state index is 12.7. The summed E-state index contributed by atoms with van der Waals surface area (Å²) in [6.45, 7) is 8.60. The molecule has 27 heavy (non-hydrogen) atoms. The molecule has 0 radical (unpaired) electrons. The third-order valence-corrected chi connectivity index (χ3v) is 6.33. The summed E-state index contributed by atoms with van der Waals surface area (Å²) < 4.78 is 7.37. The van der Waals surface area contributed by atoms with Crippen molar-refractivity contribution < 1.29 is 9.21 Å². The van der Waals surface area contributed by atoms with E-state index in [2.05, 4.69) is 23.7 Å². The Kier molecular flexibility index (Phi) is 6.42. The molecule has 0 spiro atoms. The van der Waals surface area contributed by atoms with E-state index in [1.807, 2.05) is 35.6 Å². The minimum atomic E-state index is 0.147. The summed E-state index contributed by atoms with van der Waals surface area (Å²) in [5.41, 5.74) is 0.913. The highest BCUT2D eigenvalue weighted by Gasteiger charge is 2.25. The van der Waals surface area contributed by atoms with E-state index in [0.29, 0.717) is 18.3 Å². The number of amides is 1. The van der Waals surface area contributed by atoms with Crippen molar-refractivity contribution in [1.29, 1.82) is 0 Å². The average Bonchev–Trinajstić information content (AvgIpc) is 3.26. The molecule has 1 aliphatic carbocycles. The van der Waals surface area contributed by atoms with Crippen LogP contribution in [0.3, 0.4) is 0 Å². The van der Waals surface area contributed by atoms with Gasteiger partial charge in [0.1, 0.15) is 5.76 Å². The molecule has 3 rings (SSSR count). The van der Waals surface area contributed by atoms with Crippen LogP contribution in [0.1, 0.15) is 38.4 Å². The topological polar surface area (TPSA) is 64.2 Å². The Labute approximate surface area is 165 Å². The van der Waals surface area contributed by atoms with Crippen LogP contribution in [-0.2, 0) is 11.3 Å². The molecule has 6 nitrogen and oxygen atoms in total. The van der Waals surface area contributed by atoms with Crippen molar-refractivity contribution in [2.24, 2.45) is 5.92 Å². The monoisotopic (exact) mass is 388 g/mol. The first-order valence-corrected chi connectivity index (χ1v) is 10.5. The van der Waals surface area contributed by atoms with Gasteiger partial charge < -0.3 is 9.32 Å². The lowest BCUT2D eigenvalue weighted by atomic mass is 9.87. The molecule has 0 aromatic carbocycles. The number of nitrogens with zero attached hydrogens (tertiary/aromatic N) is 4. The Balaban J connectivity index is 1.67. The van der Waals surface area contributed by atoms with Gasteiger partial charge in [-0.1, -0.05) is 24.8 Å². The van der Waals surface area contributed by atoms with Crippen molar-refractivity contribution in [2.45, 2.75) is 57.3 Å². The number of carbonyl (C=O) groups excluding carboxylic acids is 1. The predicted molar refractivity (Wildman–Crippen MR) is 108 cm³/mol. The molecule has 2 heterocycles. The van der Waals surface area contributed by atoms with Crippen molar-refractivity contribution in [2.75, 3.05) is 12.8 Å². The second kappa shape index (κ2) is 8.78. The molecule has 0 bridgehead atoms. The number of thioether (sulfide) groups is 1. The molecule has 1 saturated carbocycles. The quantitative estimate of drug-likeness (QED) is 0.526. The number of allylic oxidation sites excluding steroid dienone is 1. The van der Waals surface area contributed by atoms with Crippen LogP contribution in [0, 0.1) is 12.8 Å². The smallest absolute Gasteiger partial charge is 0.233 e. The second-order valence-electron chi connectivity index (χ2n) is 7.30. The van der Waals surface area contributed by atoms with E-state index in [9.17, 15) is 4.79 Å². The van der Waals surface area contributed by atoms with E-state index in [1.165, 1.54) is 24.6 Å². The van der Waals surface area contributed by atoms with Crippen LogP contribution in [0.25, 0.3) is 11.4 Å². The summed E-state index contributed by atoms with van der Waals surface area (Å²) in [5, 5.41) is 9.35. The van der Waals surface area contributed by atoms with Gasteiger partial charge in [0.2, 0.25) is 5.91 Å². The van der Waals surface area contributed by atoms with Crippen molar-refractivity contribution in [3.63, 3.8) is 0 Å². The van der Waals surface area contributed by atoms with Gasteiger partial charge in [-0.3, -0.25) is 9.36 Å². The number of hydrogen-bond donors (Lipinski definition) is 0. The fourth-order valence-electron chi connectivity index (χ4n) is 3.57. The standard InChI is InChI=1S/C20H28N4O2S/c1-5-11-24-19(17-10-12-26-15(17)3)21-22-20(24)27-13-18(25)23(4)16-8-6-14(2)7-9-16/h5,10,12,14,16H,1,6-9,11,13H2,2-4H3. The van der Waals surface area contributed by atoms with Crippen molar-refractivity contribution in [1.82, 2.24) is 19.7 Å². The highest BCUT2D eigenvalue weighted by molar-refractivity contribution is 7.99. The molecule has 0 N–H and O–H groups in total. The lowest BCUT2D eigenvalue weighted by molar-refractivity contribution is -0.129. The summed E-state index contributed by atoms with van der Waals surface area (Å²) in [7, 11) is 1.93. The molecule has 0 saturated heterocycles. The third-order valence-electron chi connectivity index (χ3n) is 5.38. The Hall–Kier alpha value is -2.02. The normalized spacial score (nSPS) is 19.8. The van der Waals surface area contributed by atoms with E-state index in [1.54, 1.807) is 6.26 Å². The van der Waals surface area contributed by atoms with Crippen molar-refractivity contribution in [3.05, 3.63) is 30.7 Å². The van der Waals surface area contributed by atoms with Crippen LogP contribution in [-0.4, -0.2) is 44.4 Å². The number of carbonyl (C=O) groups is 1. The summed E-state index contributed by atoms with van der Waals surface area (Å²) in [6.07, 6.45) is 8.07. The first-order valence-electron chi connectivity index (χ1n) is 9.48. The molecule has 0 unspecified atom stereocenters. The van der Waals surface area contributed by atoms with Gasteiger partial charge in [-0.2, -0.15) is 0 Å². The number of rotatable bonds is 7. The van der Waals surface area contributed by atoms with Gasteiger partial charge in [-0.05, 0) is 44.6 Å². The Morgan fingerprint density at radius 3 is 2.78 bits per heavy atom. The maximum Gasteiger partial charge on any atom is 0.233 e. The molecule has 1 amide bonds. The number of furan rings is 1. The molecular formula is C20H28N4O2S. The van der Waals surface area contributed by atoms with E-state index in [-0.39, 0.29) is 5.91 Å². The Bertz CT molecular complexity index is 790. The maximum absolute atomic E-state index is 12.7. The Morgan fingerprint density at radius 2 is 2.15 bits per heavy atom. The van der Waals surface area contributed by atoms with Gasteiger partial charge in [-0.15, -0.1) is 16.8 Å². The lowest BCUT2D eigenvalue weighted by Crippen LogP contribution is -2.40. The van der Waals surface area contributed by atoms with Gasteiger partial charge >= 0.3 is 0 Å². The zero-order chi connectivity index (χ0) is 19.4. The first kappa shape index (κ1) is 19.7. The highest BCUT2D eigenvalue weighted by Crippen LogP contribution is 2.29. The van der Waals surface area contributed by atoms with Gasteiger partial charge in [0.05, 0.1) is 17.6 Å². The van der Waals surface area contributed by atoms with Gasteiger partial charge in [-0.25, -0.2) is 0 Å². The fraction of sp³-hybridized carbons (Fsp3) is 0.550. The summed E-state index contributed by atoms with van der Waals surface area (Å²) in [4.78, 5) is 14.6. The van der Waals surface area contributed by atoms with Crippen LogP contribution in [0.5, 0.6) is 0 Å². The molecular weight excluding hydrogens is 360 g/mol. The molecule has 1 fully saturated rings. The second-order valence-corrected chi connectivity index (χ2v) is 8.25. The summed E-state index contributed by atoms with van der Waals surface area (Å²) in [6, 6.07) is 2.25. The fourth-order valence-corrected chi connectivity index (χ4v) is 4.44. The third kappa shape index (κ3) is 4.46. The van der Waals surface area contributed by atoms with E-state index >= 15 is 0 Å². The largest absolute Gasteiger partial charge is 0.469 e. The minimum Gasteiger partial charge on any atom is -0.469 e.